The second kappa shape index (κ2) is 15.2. The molecule has 4 aromatic rings. The van der Waals surface area contributed by atoms with Gasteiger partial charge in [-0.1, -0.05) is 96.4 Å². The molecule has 4 aromatic carbocycles. The fourth-order valence-electron chi connectivity index (χ4n) is 5.18. The number of benzene rings is 4. The van der Waals surface area contributed by atoms with Crippen molar-refractivity contribution in [3.8, 4) is 0 Å². The van der Waals surface area contributed by atoms with Crippen molar-refractivity contribution in [2.75, 3.05) is 17.4 Å². The van der Waals surface area contributed by atoms with Gasteiger partial charge >= 0.3 is 0 Å². The van der Waals surface area contributed by atoms with Crippen LogP contribution >= 0.6 is 11.6 Å². The second-order valence-electron chi connectivity index (χ2n) is 11.3. The van der Waals surface area contributed by atoms with E-state index in [1.54, 1.807) is 37.3 Å². The Morgan fingerprint density at radius 3 is 2.16 bits per heavy atom. The highest BCUT2D eigenvalue weighted by molar-refractivity contribution is 7.92. The van der Waals surface area contributed by atoms with Gasteiger partial charge in [-0.05, 0) is 74.2 Å². The van der Waals surface area contributed by atoms with Crippen LogP contribution in [-0.2, 0) is 32.6 Å². The van der Waals surface area contributed by atoms with Gasteiger partial charge in [0.1, 0.15) is 12.6 Å². The van der Waals surface area contributed by atoms with Gasteiger partial charge in [-0.2, -0.15) is 0 Å². The van der Waals surface area contributed by atoms with Crippen molar-refractivity contribution in [1.29, 1.82) is 0 Å². The maximum absolute atomic E-state index is 14.6. The number of halogens is 1. The summed E-state index contributed by atoms with van der Waals surface area (Å²) in [6.07, 6.45) is 0.993. The molecule has 0 aliphatic carbocycles. The molecule has 0 spiro atoms. The molecule has 0 bridgehead atoms. The van der Waals surface area contributed by atoms with E-state index < -0.39 is 28.5 Å². The molecule has 0 fully saturated rings. The van der Waals surface area contributed by atoms with Crippen molar-refractivity contribution in [3.63, 3.8) is 0 Å². The van der Waals surface area contributed by atoms with Crippen molar-refractivity contribution >= 4 is 39.1 Å². The topological polar surface area (TPSA) is 86.8 Å². The summed E-state index contributed by atoms with van der Waals surface area (Å²) in [6.45, 7) is 7.61. The minimum Gasteiger partial charge on any atom is -0.354 e. The Balaban J connectivity index is 1.82. The zero-order valence-electron chi connectivity index (χ0n) is 26.2. The molecular formula is C36H40ClN3O4S. The number of nitrogens with one attached hydrogen (secondary N) is 1. The number of hydrogen-bond acceptors (Lipinski definition) is 4. The van der Waals surface area contributed by atoms with E-state index in [9.17, 15) is 18.0 Å². The molecule has 0 aliphatic rings. The van der Waals surface area contributed by atoms with Gasteiger partial charge in [-0.15, -0.1) is 0 Å². The summed E-state index contributed by atoms with van der Waals surface area (Å²) in [7, 11) is -4.19. The van der Waals surface area contributed by atoms with Crippen LogP contribution in [0.5, 0.6) is 0 Å². The highest BCUT2D eigenvalue weighted by Gasteiger charge is 2.35. The lowest BCUT2D eigenvalue weighted by Crippen LogP contribution is -2.53. The summed E-state index contributed by atoms with van der Waals surface area (Å²) in [5.74, 6) is -0.800. The zero-order chi connectivity index (χ0) is 32.6. The number of aryl methyl sites for hydroxylation is 3. The first-order chi connectivity index (χ1) is 21.5. The third kappa shape index (κ3) is 8.74. The molecule has 0 radical (unpaired) electrons. The summed E-state index contributed by atoms with van der Waals surface area (Å²) in [5, 5.41) is 3.42. The molecule has 0 aliphatic heterocycles. The normalized spacial score (nSPS) is 11.9. The Morgan fingerprint density at radius 2 is 1.51 bits per heavy atom. The minimum atomic E-state index is -4.19. The van der Waals surface area contributed by atoms with Gasteiger partial charge in [0.25, 0.3) is 10.0 Å². The monoisotopic (exact) mass is 645 g/mol. The van der Waals surface area contributed by atoms with Crippen molar-refractivity contribution in [2.24, 2.45) is 0 Å². The summed E-state index contributed by atoms with van der Waals surface area (Å²) >= 11 is 6.24. The Labute approximate surface area is 271 Å². The Hall–Kier alpha value is -4.14. The van der Waals surface area contributed by atoms with Crippen LogP contribution in [0.15, 0.2) is 102 Å². The van der Waals surface area contributed by atoms with E-state index in [1.165, 1.54) is 17.0 Å². The molecule has 0 aromatic heterocycles. The van der Waals surface area contributed by atoms with E-state index in [0.29, 0.717) is 22.8 Å². The maximum atomic E-state index is 14.6. The Kier molecular flexibility index (Phi) is 11.4. The molecule has 7 nitrogen and oxygen atoms in total. The number of rotatable bonds is 13. The maximum Gasteiger partial charge on any atom is 0.264 e. The number of hydrogen-bond donors (Lipinski definition) is 1. The van der Waals surface area contributed by atoms with E-state index in [4.69, 9.17) is 11.6 Å². The lowest BCUT2D eigenvalue weighted by molar-refractivity contribution is -0.140. The fourth-order valence-corrected chi connectivity index (χ4v) is 6.88. The Morgan fingerprint density at radius 1 is 0.822 bits per heavy atom. The molecule has 0 heterocycles. The molecule has 0 saturated carbocycles. The van der Waals surface area contributed by atoms with Crippen molar-refractivity contribution in [1.82, 2.24) is 10.2 Å². The molecule has 236 valence electrons. The van der Waals surface area contributed by atoms with Gasteiger partial charge in [-0.25, -0.2) is 8.42 Å². The lowest BCUT2D eigenvalue weighted by Gasteiger charge is -2.34. The van der Waals surface area contributed by atoms with Crippen LogP contribution in [0.2, 0.25) is 5.02 Å². The zero-order valence-corrected chi connectivity index (χ0v) is 27.7. The van der Waals surface area contributed by atoms with Crippen molar-refractivity contribution in [2.45, 2.75) is 58.0 Å². The number of carbonyl (C=O) groups is 2. The second-order valence-corrected chi connectivity index (χ2v) is 13.6. The molecule has 9 heteroatoms. The van der Waals surface area contributed by atoms with Crippen LogP contribution in [0.1, 0.15) is 41.2 Å². The number of sulfonamides is 1. The van der Waals surface area contributed by atoms with E-state index in [0.717, 1.165) is 33.0 Å². The molecule has 1 unspecified atom stereocenters. The van der Waals surface area contributed by atoms with Crippen LogP contribution in [0.4, 0.5) is 5.69 Å². The van der Waals surface area contributed by atoms with Crippen LogP contribution in [-0.4, -0.2) is 44.3 Å². The van der Waals surface area contributed by atoms with Gasteiger partial charge in [0.15, 0.2) is 0 Å². The van der Waals surface area contributed by atoms with Crippen LogP contribution in [0.3, 0.4) is 0 Å². The van der Waals surface area contributed by atoms with Gasteiger partial charge < -0.3 is 10.2 Å². The molecule has 45 heavy (non-hydrogen) atoms. The van der Waals surface area contributed by atoms with E-state index in [2.05, 4.69) is 5.32 Å². The van der Waals surface area contributed by atoms with E-state index in [1.807, 2.05) is 75.4 Å². The predicted octanol–water partition coefficient (Wildman–Crippen LogP) is 6.63. The van der Waals surface area contributed by atoms with Crippen LogP contribution in [0.25, 0.3) is 0 Å². The largest absolute Gasteiger partial charge is 0.354 e. The average molecular weight is 646 g/mol. The van der Waals surface area contributed by atoms with Gasteiger partial charge in [-0.3, -0.25) is 13.9 Å². The first-order valence-corrected chi connectivity index (χ1v) is 16.8. The van der Waals surface area contributed by atoms with Gasteiger partial charge in [0.05, 0.1) is 10.6 Å². The molecule has 1 atom stereocenters. The van der Waals surface area contributed by atoms with Gasteiger partial charge in [0.2, 0.25) is 11.8 Å². The molecular weight excluding hydrogens is 606 g/mol. The summed E-state index contributed by atoms with van der Waals surface area (Å²) in [4.78, 5) is 29.9. The summed E-state index contributed by atoms with van der Waals surface area (Å²) in [5.41, 5.74) is 4.56. The number of anilines is 1. The summed E-state index contributed by atoms with van der Waals surface area (Å²) in [6, 6.07) is 27.8. The standard InChI is InChI=1S/C36H40ClN3O4S/c1-5-20-38-36(42)34(23-29-11-7-6-8-12-29)39(24-30-13-9-10-27(3)21-30)35(41)25-40(33-19-16-31(37)22-28(33)4)45(43,44)32-17-14-26(2)15-18-32/h6-19,21-22,34H,5,20,23-25H2,1-4H3,(H,38,42). The lowest BCUT2D eigenvalue weighted by atomic mass is 10.0. The van der Waals surface area contributed by atoms with Crippen LogP contribution < -0.4 is 9.62 Å². The van der Waals surface area contributed by atoms with Crippen LogP contribution in [0, 0.1) is 20.8 Å². The smallest absolute Gasteiger partial charge is 0.264 e. The highest BCUT2D eigenvalue weighted by Crippen LogP contribution is 2.30. The van der Waals surface area contributed by atoms with Gasteiger partial charge in [0, 0.05) is 24.5 Å². The Bertz CT molecular complexity index is 1730. The summed E-state index contributed by atoms with van der Waals surface area (Å²) < 4.78 is 29.6. The molecule has 0 saturated heterocycles. The third-order valence-corrected chi connectivity index (χ3v) is 9.58. The van der Waals surface area contributed by atoms with Crippen molar-refractivity contribution in [3.05, 3.63) is 130 Å². The SMILES string of the molecule is CCCNC(=O)C(Cc1ccccc1)N(Cc1cccc(C)c1)C(=O)CN(c1ccc(Cl)cc1C)S(=O)(=O)c1ccc(C)cc1. The average Bonchev–Trinajstić information content (AvgIpc) is 3.01. The number of carbonyl (C=O) groups excluding carboxylic acids is 2. The number of nitrogens with zero attached hydrogens (tertiary/aromatic N) is 2. The quantitative estimate of drug-likeness (QED) is 0.177. The molecule has 1 N–H and O–H groups in total. The fraction of sp³-hybridized carbons (Fsp3) is 0.278. The third-order valence-electron chi connectivity index (χ3n) is 7.57. The van der Waals surface area contributed by atoms with E-state index in [-0.39, 0.29) is 23.8 Å². The number of amides is 2. The first-order valence-electron chi connectivity index (χ1n) is 15.0. The van der Waals surface area contributed by atoms with Crippen molar-refractivity contribution < 1.29 is 18.0 Å². The predicted molar refractivity (Wildman–Crippen MR) is 181 cm³/mol. The minimum absolute atomic E-state index is 0.0574. The van der Waals surface area contributed by atoms with E-state index >= 15 is 0 Å². The molecule has 2 amide bonds. The highest BCUT2D eigenvalue weighted by atomic mass is 35.5. The first kappa shape index (κ1) is 33.7. The molecule has 4 rings (SSSR count).